The number of nitrogens with zero attached hydrogens (tertiary/aromatic N) is 1. The highest BCUT2D eigenvalue weighted by molar-refractivity contribution is 7.92. The predicted molar refractivity (Wildman–Crippen MR) is 74.5 cm³/mol. The van der Waals surface area contributed by atoms with E-state index < -0.39 is 10.0 Å². The van der Waals surface area contributed by atoms with E-state index in [0.29, 0.717) is 16.8 Å². The highest BCUT2D eigenvalue weighted by Crippen LogP contribution is 2.28. The Morgan fingerprint density at radius 1 is 1.26 bits per heavy atom. The molecule has 6 nitrogen and oxygen atoms in total. The number of aryl methyl sites for hydroxylation is 2. The average molecular weight is 280 g/mol. The van der Waals surface area contributed by atoms with Crippen molar-refractivity contribution < 1.29 is 8.42 Å². The van der Waals surface area contributed by atoms with Gasteiger partial charge >= 0.3 is 0 Å². The second-order valence-corrected chi connectivity index (χ2v) is 6.04. The molecule has 0 aliphatic carbocycles. The van der Waals surface area contributed by atoms with Crippen molar-refractivity contribution in [1.29, 1.82) is 0 Å². The molecule has 4 N–H and O–H groups in total. The lowest BCUT2D eigenvalue weighted by atomic mass is 10.1. The number of nitrogens with two attached hydrogens (primary N) is 1. The molecule has 0 spiro atoms. The minimum atomic E-state index is -3.71. The Labute approximate surface area is 112 Å². The number of H-pyrrole nitrogens is 1. The van der Waals surface area contributed by atoms with Crippen molar-refractivity contribution in [2.45, 2.75) is 25.7 Å². The van der Waals surface area contributed by atoms with Gasteiger partial charge in [0.25, 0.3) is 10.0 Å². The molecule has 19 heavy (non-hydrogen) atoms. The first-order valence-electron chi connectivity index (χ1n) is 5.71. The number of benzene rings is 1. The van der Waals surface area contributed by atoms with Gasteiger partial charge in [0, 0.05) is 18.1 Å². The zero-order chi connectivity index (χ0) is 14.2. The highest BCUT2D eigenvalue weighted by atomic mass is 32.2. The van der Waals surface area contributed by atoms with Crippen LogP contribution in [0.1, 0.15) is 16.7 Å². The van der Waals surface area contributed by atoms with Gasteiger partial charge in [-0.1, -0.05) is 6.07 Å². The number of nitrogens with one attached hydrogen (secondary N) is 2. The van der Waals surface area contributed by atoms with Gasteiger partial charge in [-0.05, 0) is 37.5 Å². The zero-order valence-electron chi connectivity index (χ0n) is 11.0. The van der Waals surface area contributed by atoms with Crippen LogP contribution in [0.15, 0.2) is 23.4 Å². The van der Waals surface area contributed by atoms with Gasteiger partial charge in [0.1, 0.15) is 0 Å². The summed E-state index contributed by atoms with van der Waals surface area (Å²) in [5, 5.41) is 0. The number of anilines is 2. The van der Waals surface area contributed by atoms with Crippen LogP contribution in [-0.2, 0) is 10.0 Å². The molecule has 0 saturated carbocycles. The molecule has 7 heteroatoms. The van der Waals surface area contributed by atoms with Crippen LogP contribution in [-0.4, -0.2) is 18.4 Å². The summed E-state index contributed by atoms with van der Waals surface area (Å²) in [6.45, 7) is 5.30. The summed E-state index contributed by atoms with van der Waals surface area (Å²) in [4.78, 5) is 6.75. The summed E-state index contributed by atoms with van der Waals surface area (Å²) >= 11 is 0. The predicted octanol–water partition coefficient (Wildman–Crippen LogP) is 1.72. The third-order valence-corrected chi connectivity index (χ3v) is 4.59. The minimum Gasteiger partial charge on any atom is -0.398 e. The normalized spacial score (nSPS) is 11.5. The first-order valence-corrected chi connectivity index (χ1v) is 7.19. The van der Waals surface area contributed by atoms with E-state index in [1.54, 1.807) is 26.1 Å². The Balaban J connectivity index is 2.55. The molecule has 0 amide bonds. The lowest BCUT2D eigenvalue weighted by molar-refractivity contribution is 0.599. The first-order chi connectivity index (χ1) is 8.83. The molecule has 0 aliphatic rings. The molecule has 2 aromatic rings. The van der Waals surface area contributed by atoms with Crippen molar-refractivity contribution in [3.63, 3.8) is 0 Å². The van der Waals surface area contributed by atoms with Crippen molar-refractivity contribution in [1.82, 2.24) is 9.97 Å². The van der Waals surface area contributed by atoms with Gasteiger partial charge in [0.2, 0.25) is 5.95 Å². The number of rotatable bonds is 3. The van der Waals surface area contributed by atoms with Crippen molar-refractivity contribution in [3.8, 4) is 0 Å². The van der Waals surface area contributed by atoms with Crippen LogP contribution >= 0.6 is 0 Å². The highest BCUT2D eigenvalue weighted by Gasteiger charge is 2.22. The molecule has 1 aromatic carbocycles. The molecule has 1 heterocycles. The Morgan fingerprint density at radius 2 is 1.95 bits per heavy atom. The largest absolute Gasteiger partial charge is 0.398 e. The fourth-order valence-corrected chi connectivity index (χ4v) is 3.56. The standard InChI is InChI=1S/C12H16N4O2S/c1-7-6-8(2)11(9(3)10(7)13)19(17,18)16-12-14-4-5-15-12/h4-6H,13H2,1-3H3,(H2,14,15,16). The lowest BCUT2D eigenvalue weighted by Gasteiger charge is -2.15. The second kappa shape index (κ2) is 4.58. The van der Waals surface area contributed by atoms with Gasteiger partial charge in [0.15, 0.2) is 0 Å². The van der Waals surface area contributed by atoms with Crippen LogP contribution in [0.25, 0.3) is 0 Å². The maximum Gasteiger partial charge on any atom is 0.264 e. The molecule has 0 bridgehead atoms. The molecule has 0 fully saturated rings. The molecule has 0 saturated heterocycles. The maximum atomic E-state index is 12.4. The maximum absolute atomic E-state index is 12.4. The third kappa shape index (κ3) is 2.41. The van der Waals surface area contributed by atoms with Gasteiger partial charge in [-0.15, -0.1) is 0 Å². The third-order valence-electron chi connectivity index (χ3n) is 2.96. The summed E-state index contributed by atoms with van der Waals surface area (Å²) < 4.78 is 27.1. The van der Waals surface area contributed by atoms with Gasteiger partial charge in [-0.2, -0.15) is 0 Å². The average Bonchev–Trinajstić information content (AvgIpc) is 2.77. The van der Waals surface area contributed by atoms with Gasteiger partial charge in [-0.25, -0.2) is 18.1 Å². The summed E-state index contributed by atoms with van der Waals surface area (Å²) in [6.07, 6.45) is 3.02. The number of hydrogen-bond acceptors (Lipinski definition) is 4. The Morgan fingerprint density at radius 3 is 2.53 bits per heavy atom. The van der Waals surface area contributed by atoms with Crippen molar-refractivity contribution in [3.05, 3.63) is 35.2 Å². The van der Waals surface area contributed by atoms with E-state index in [9.17, 15) is 8.42 Å². The van der Waals surface area contributed by atoms with Gasteiger partial charge in [0.05, 0.1) is 4.90 Å². The molecule has 0 radical (unpaired) electrons. The van der Waals surface area contributed by atoms with Crippen molar-refractivity contribution in [2.24, 2.45) is 0 Å². The summed E-state index contributed by atoms with van der Waals surface area (Å²) in [5.41, 5.74) is 8.47. The van der Waals surface area contributed by atoms with Crippen molar-refractivity contribution >= 4 is 21.7 Å². The molecule has 0 aliphatic heterocycles. The van der Waals surface area contributed by atoms with E-state index in [-0.39, 0.29) is 10.8 Å². The number of hydrogen-bond donors (Lipinski definition) is 3. The first kappa shape index (κ1) is 13.4. The lowest BCUT2D eigenvalue weighted by Crippen LogP contribution is -2.17. The second-order valence-electron chi connectivity index (χ2n) is 4.42. The summed E-state index contributed by atoms with van der Waals surface area (Å²) in [6, 6.07) is 1.76. The summed E-state index contributed by atoms with van der Waals surface area (Å²) in [5.74, 6) is 0.179. The van der Waals surface area contributed by atoms with Crippen LogP contribution < -0.4 is 10.5 Å². The van der Waals surface area contributed by atoms with E-state index in [4.69, 9.17) is 5.73 Å². The molecule has 102 valence electrons. The van der Waals surface area contributed by atoms with Crippen molar-refractivity contribution in [2.75, 3.05) is 10.5 Å². The van der Waals surface area contributed by atoms with E-state index in [1.165, 1.54) is 6.20 Å². The Kier molecular flexibility index (Phi) is 3.23. The Bertz CT molecular complexity index is 706. The number of aromatic amines is 1. The smallest absolute Gasteiger partial charge is 0.264 e. The number of imidazole rings is 1. The molecule has 1 aromatic heterocycles. The Hall–Kier alpha value is -2.02. The van der Waals surface area contributed by atoms with E-state index in [1.807, 2.05) is 6.92 Å². The van der Waals surface area contributed by atoms with Gasteiger partial charge in [-0.3, -0.25) is 0 Å². The molecule has 0 unspecified atom stereocenters. The SMILES string of the molecule is Cc1cc(C)c(S(=O)(=O)Nc2ncc[nH]2)c(C)c1N. The fourth-order valence-electron chi connectivity index (χ4n) is 2.09. The number of nitrogen functional groups attached to an aromatic ring is 1. The van der Waals surface area contributed by atoms with Crippen LogP contribution in [0, 0.1) is 20.8 Å². The molecular formula is C12H16N4O2S. The topological polar surface area (TPSA) is 101 Å². The van der Waals surface area contributed by atoms with Crippen LogP contribution in [0.3, 0.4) is 0 Å². The van der Waals surface area contributed by atoms with E-state index >= 15 is 0 Å². The number of aromatic nitrogens is 2. The van der Waals surface area contributed by atoms with E-state index in [2.05, 4.69) is 14.7 Å². The molecular weight excluding hydrogens is 264 g/mol. The monoisotopic (exact) mass is 280 g/mol. The minimum absolute atomic E-state index is 0.179. The van der Waals surface area contributed by atoms with Crippen LogP contribution in [0.5, 0.6) is 0 Å². The van der Waals surface area contributed by atoms with E-state index in [0.717, 1.165) is 5.56 Å². The molecule has 0 atom stereocenters. The quantitative estimate of drug-likeness (QED) is 0.745. The van der Waals surface area contributed by atoms with Gasteiger partial charge < -0.3 is 10.7 Å². The molecule has 2 rings (SSSR count). The summed E-state index contributed by atoms with van der Waals surface area (Å²) in [7, 11) is -3.71. The van der Waals surface area contributed by atoms with Crippen LogP contribution in [0.4, 0.5) is 11.6 Å². The fraction of sp³-hybridized carbons (Fsp3) is 0.250. The zero-order valence-corrected chi connectivity index (χ0v) is 11.8. The van der Waals surface area contributed by atoms with Crippen LogP contribution in [0.2, 0.25) is 0 Å². The number of sulfonamides is 1.